The van der Waals surface area contributed by atoms with E-state index < -0.39 is 0 Å². The lowest BCUT2D eigenvalue weighted by Crippen LogP contribution is -2.10. The average Bonchev–Trinajstić information content (AvgIpc) is 2.46. The molecule has 1 aromatic heterocycles. The van der Waals surface area contributed by atoms with Crippen molar-refractivity contribution >= 4 is 17.2 Å². The summed E-state index contributed by atoms with van der Waals surface area (Å²) in [7, 11) is 1.69. The molecule has 0 spiro atoms. The molecule has 4 nitrogen and oxygen atoms in total. The summed E-state index contributed by atoms with van der Waals surface area (Å²) in [5.74, 6) is 1.21. The largest absolute Gasteiger partial charge is 0.439 e. The number of methoxy groups -OCH3 is 1. The molecule has 1 aromatic carbocycles. The van der Waals surface area contributed by atoms with Gasteiger partial charge < -0.3 is 15.2 Å². The van der Waals surface area contributed by atoms with Crippen molar-refractivity contribution < 1.29 is 9.47 Å². The van der Waals surface area contributed by atoms with Crippen molar-refractivity contribution in [3.8, 4) is 11.6 Å². The van der Waals surface area contributed by atoms with Crippen LogP contribution >= 0.6 is 12.2 Å². The molecule has 0 aliphatic heterocycles. The molecular formula is C16H18N2O2S. The summed E-state index contributed by atoms with van der Waals surface area (Å²) >= 11 is 4.99. The molecule has 2 aromatic rings. The van der Waals surface area contributed by atoms with Gasteiger partial charge in [-0.3, -0.25) is 0 Å². The SMILES string of the molecule is COCCc1ccc(Oc2cc(C(N)=S)cc(C)n2)cc1. The van der Waals surface area contributed by atoms with Gasteiger partial charge in [-0.05, 0) is 37.1 Å². The Labute approximate surface area is 129 Å². The highest BCUT2D eigenvalue weighted by Crippen LogP contribution is 2.21. The van der Waals surface area contributed by atoms with E-state index in [0.717, 1.165) is 23.4 Å². The molecule has 0 radical (unpaired) electrons. The monoisotopic (exact) mass is 302 g/mol. The number of aryl methyl sites for hydroxylation is 1. The predicted octanol–water partition coefficient (Wildman–Crippen LogP) is 3.01. The highest BCUT2D eigenvalue weighted by Gasteiger charge is 2.05. The first-order chi connectivity index (χ1) is 10.1. The second-order valence-corrected chi connectivity index (χ2v) is 5.13. The highest BCUT2D eigenvalue weighted by molar-refractivity contribution is 7.80. The fourth-order valence-electron chi connectivity index (χ4n) is 1.90. The molecule has 0 fully saturated rings. The smallest absolute Gasteiger partial charge is 0.220 e. The molecule has 2 rings (SSSR count). The number of nitrogens with zero attached hydrogens (tertiary/aromatic N) is 1. The third kappa shape index (κ3) is 4.51. The predicted molar refractivity (Wildman–Crippen MR) is 87.0 cm³/mol. The summed E-state index contributed by atoms with van der Waals surface area (Å²) in [5.41, 5.74) is 8.41. The van der Waals surface area contributed by atoms with E-state index >= 15 is 0 Å². The van der Waals surface area contributed by atoms with Crippen LogP contribution in [-0.4, -0.2) is 23.7 Å². The molecular weight excluding hydrogens is 284 g/mol. The number of hydrogen-bond acceptors (Lipinski definition) is 4. The van der Waals surface area contributed by atoms with Gasteiger partial charge in [-0.25, -0.2) is 4.98 Å². The van der Waals surface area contributed by atoms with Gasteiger partial charge in [-0.1, -0.05) is 24.4 Å². The normalized spacial score (nSPS) is 10.4. The number of rotatable bonds is 6. The Morgan fingerprint density at radius 2 is 1.95 bits per heavy atom. The standard InChI is InChI=1S/C16H18N2O2S/c1-11-9-13(16(17)21)10-15(18-11)20-14-5-3-12(4-6-14)7-8-19-2/h3-6,9-10H,7-8H2,1-2H3,(H2,17,21). The summed E-state index contributed by atoms with van der Waals surface area (Å²) in [6.07, 6.45) is 0.880. The van der Waals surface area contributed by atoms with Gasteiger partial charge in [-0.2, -0.15) is 0 Å². The van der Waals surface area contributed by atoms with Crippen LogP contribution in [0.25, 0.3) is 0 Å². The van der Waals surface area contributed by atoms with Crippen molar-refractivity contribution in [1.29, 1.82) is 0 Å². The van der Waals surface area contributed by atoms with Crippen molar-refractivity contribution in [2.24, 2.45) is 5.73 Å². The minimum Gasteiger partial charge on any atom is -0.439 e. The Hall–Kier alpha value is -1.98. The summed E-state index contributed by atoms with van der Waals surface area (Å²) in [6.45, 7) is 2.58. The lowest BCUT2D eigenvalue weighted by molar-refractivity contribution is 0.202. The number of nitrogens with two attached hydrogens (primary N) is 1. The molecule has 0 atom stereocenters. The minimum absolute atomic E-state index is 0.334. The number of pyridine rings is 1. The number of aromatic nitrogens is 1. The molecule has 21 heavy (non-hydrogen) atoms. The number of ether oxygens (including phenoxy) is 2. The third-order valence-electron chi connectivity index (χ3n) is 2.96. The molecule has 0 amide bonds. The summed E-state index contributed by atoms with van der Waals surface area (Å²) in [4.78, 5) is 4.66. The topological polar surface area (TPSA) is 57.4 Å². The maximum atomic E-state index is 5.75. The van der Waals surface area contributed by atoms with Crippen molar-refractivity contribution in [1.82, 2.24) is 4.98 Å². The number of thiocarbonyl (C=S) groups is 1. The number of benzene rings is 1. The van der Waals surface area contributed by atoms with E-state index in [4.69, 9.17) is 27.4 Å². The van der Waals surface area contributed by atoms with Crippen LogP contribution in [0, 0.1) is 6.92 Å². The molecule has 0 saturated heterocycles. The van der Waals surface area contributed by atoms with E-state index in [0.29, 0.717) is 17.5 Å². The second kappa shape index (κ2) is 7.15. The molecule has 110 valence electrons. The first kappa shape index (κ1) is 15.4. The quantitative estimate of drug-likeness (QED) is 0.831. The fourth-order valence-corrected chi connectivity index (χ4v) is 2.02. The van der Waals surface area contributed by atoms with Crippen LogP contribution in [0.5, 0.6) is 11.6 Å². The van der Waals surface area contributed by atoms with Crippen LogP contribution in [0.1, 0.15) is 16.8 Å². The summed E-state index contributed by atoms with van der Waals surface area (Å²) < 4.78 is 10.8. The van der Waals surface area contributed by atoms with Crippen molar-refractivity contribution in [2.75, 3.05) is 13.7 Å². The maximum absolute atomic E-state index is 5.75. The van der Waals surface area contributed by atoms with Crippen molar-refractivity contribution in [3.63, 3.8) is 0 Å². The minimum atomic E-state index is 0.334. The summed E-state index contributed by atoms with van der Waals surface area (Å²) in [5, 5.41) is 0. The lowest BCUT2D eigenvalue weighted by Gasteiger charge is -2.08. The van der Waals surface area contributed by atoms with Crippen LogP contribution < -0.4 is 10.5 Å². The molecule has 5 heteroatoms. The molecule has 1 heterocycles. The molecule has 0 saturated carbocycles. The van der Waals surface area contributed by atoms with Crippen molar-refractivity contribution in [3.05, 3.63) is 53.2 Å². The van der Waals surface area contributed by atoms with Crippen LogP contribution in [-0.2, 0) is 11.2 Å². The van der Waals surface area contributed by atoms with E-state index in [1.807, 2.05) is 37.3 Å². The molecule has 0 aliphatic carbocycles. The van der Waals surface area contributed by atoms with Gasteiger partial charge in [0.15, 0.2) is 0 Å². The van der Waals surface area contributed by atoms with Gasteiger partial charge in [0.05, 0.1) is 6.61 Å². The van der Waals surface area contributed by atoms with E-state index in [1.54, 1.807) is 13.2 Å². The van der Waals surface area contributed by atoms with Crippen LogP contribution in [0.3, 0.4) is 0 Å². The Bertz CT molecular complexity index is 627. The second-order valence-electron chi connectivity index (χ2n) is 4.69. The van der Waals surface area contributed by atoms with Gasteiger partial charge in [0.2, 0.25) is 5.88 Å². The zero-order valence-corrected chi connectivity index (χ0v) is 12.9. The Kier molecular flexibility index (Phi) is 5.25. The van der Waals surface area contributed by atoms with Crippen LogP contribution in [0.2, 0.25) is 0 Å². The van der Waals surface area contributed by atoms with Gasteiger partial charge in [-0.15, -0.1) is 0 Å². The number of hydrogen-bond donors (Lipinski definition) is 1. The first-order valence-electron chi connectivity index (χ1n) is 6.62. The zero-order valence-electron chi connectivity index (χ0n) is 12.1. The average molecular weight is 302 g/mol. The molecule has 2 N–H and O–H groups in total. The van der Waals surface area contributed by atoms with E-state index in [9.17, 15) is 0 Å². The zero-order chi connectivity index (χ0) is 15.2. The Morgan fingerprint density at radius 1 is 1.24 bits per heavy atom. The van der Waals surface area contributed by atoms with E-state index in [-0.39, 0.29) is 0 Å². The van der Waals surface area contributed by atoms with Crippen molar-refractivity contribution in [2.45, 2.75) is 13.3 Å². The highest BCUT2D eigenvalue weighted by atomic mass is 32.1. The molecule has 0 bridgehead atoms. The third-order valence-corrected chi connectivity index (χ3v) is 3.19. The fraction of sp³-hybridized carbons (Fsp3) is 0.250. The van der Waals surface area contributed by atoms with Crippen LogP contribution in [0.4, 0.5) is 0 Å². The lowest BCUT2D eigenvalue weighted by atomic mass is 10.1. The Morgan fingerprint density at radius 3 is 2.57 bits per heavy atom. The van der Waals surface area contributed by atoms with Gasteiger partial charge in [0, 0.05) is 24.4 Å². The van der Waals surface area contributed by atoms with E-state index in [2.05, 4.69) is 4.98 Å². The summed E-state index contributed by atoms with van der Waals surface area (Å²) in [6, 6.07) is 11.4. The molecule has 0 unspecified atom stereocenters. The maximum Gasteiger partial charge on any atom is 0.220 e. The van der Waals surface area contributed by atoms with Gasteiger partial charge in [0.1, 0.15) is 10.7 Å². The van der Waals surface area contributed by atoms with Crippen LogP contribution in [0.15, 0.2) is 36.4 Å². The molecule has 0 aliphatic rings. The van der Waals surface area contributed by atoms with E-state index in [1.165, 1.54) is 5.56 Å². The van der Waals surface area contributed by atoms with Gasteiger partial charge >= 0.3 is 0 Å². The Balaban J connectivity index is 2.12. The first-order valence-corrected chi connectivity index (χ1v) is 7.03. The van der Waals surface area contributed by atoms with Gasteiger partial charge in [0.25, 0.3) is 0 Å².